The van der Waals surface area contributed by atoms with E-state index in [1.165, 1.54) is 0 Å². The van der Waals surface area contributed by atoms with Crippen LogP contribution in [-0.2, 0) is 11.4 Å². The van der Waals surface area contributed by atoms with Crippen LogP contribution >= 0.6 is 11.6 Å². The van der Waals surface area contributed by atoms with Crippen LogP contribution < -0.4 is 4.74 Å². The summed E-state index contributed by atoms with van der Waals surface area (Å²) in [7, 11) is 1.64. The third kappa shape index (κ3) is 4.30. The Morgan fingerprint density at radius 3 is 2.37 bits per heavy atom. The molecule has 0 aliphatic carbocycles. The van der Waals surface area contributed by atoms with E-state index in [1.54, 1.807) is 19.2 Å². The molecule has 0 bridgehead atoms. The van der Waals surface area contributed by atoms with Crippen molar-refractivity contribution in [2.45, 2.75) is 6.61 Å². The quantitative estimate of drug-likeness (QED) is 0.614. The van der Waals surface area contributed by atoms with Gasteiger partial charge in [0.25, 0.3) is 0 Å². The fraction of sp³-hybridized carbons (Fsp3) is 0.133. The predicted octanol–water partition coefficient (Wildman–Crippen LogP) is 3.78. The highest BCUT2D eigenvalue weighted by atomic mass is 35.5. The van der Waals surface area contributed by atoms with Crippen LogP contribution in [0.3, 0.4) is 0 Å². The van der Waals surface area contributed by atoms with Gasteiger partial charge in [0.1, 0.15) is 18.6 Å². The van der Waals surface area contributed by atoms with Crippen LogP contribution in [0.15, 0.2) is 53.7 Å². The molecule has 0 aliphatic heterocycles. The number of ether oxygens (including phenoxy) is 1. The first-order valence-corrected chi connectivity index (χ1v) is 6.12. The smallest absolute Gasteiger partial charge is 0.142 e. The molecule has 0 N–H and O–H groups in total. The molecule has 0 spiro atoms. The van der Waals surface area contributed by atoms with Crippen molar-refractivity contribution in [3.05, 3.63) is 64.7 Å². The lowest BCUT2D eigenvalue weighted by Crippen LogP contribution is -1.89. The number of halogens is 1. The van der Waals surface area contributed by atoms with Gasteiger partial charge in [0.15, 0.2) is 0 Å². The Kier molecular flexibility index (Phi) is 4.81. The van der Waals surface area contributed by atoms with Crippen LogP contribution in [0.5, 0.6) is 5.75 Å². The van der Waals surface area contributed by atoms with Gasteiger partial charge in [-0.15, -0.1) is 0 Å². The van der Waals surface area contributed by atoms with Gasteiger partial charge in [-0.1, -0.05) is 41.0 Å². The number of nitrogens with zero attached hydrogens (tertiary/aromatic N) is 1. The van der Waals surface area contributed by atoms with Crippen LogP contribution in [-0.4, -0.2) is 13.3 Å². The van der Waals surface area contributed by atoms with E-state index < -0.39 is 0 Å². The zero-order chi connectivity index (χ0) is 13.5. The number of rotatable bonds is 5. The monoisotopic (exact) mass is 274 g/mol. The van der Waals surface area contributed by atoms with Gasteiger partial charge in [-0.2, -0.15) is 0 Å². The summed E-state index contributed by atoms with van der Waals surface area (Å²) in [5.41, 5.74) is 1.83. The highest BCUT2D eigenvalue weighted by Gasteiger charge is 1.94. The standard InChI is InChI=1S/C15H13ClNO2/c1-18-15-8-4-13(5-9-15)11-19-17-10-12-2-6-14(16)7-3-12/h2-9H,11H2,1H3. The van der Waals surface area contributed by atoms with Crippen LogP contribution in [0.25, 0.3) is 0 Å². The third-order valence-electron chi connectivity index (χ3n) is 2.47. The first-order valence-electron chi connectivity index (χ1n) is 5.74. The van der Waals surface area contributed by atoms with Gasteiger partial charge in [0, 0.05) is 10.6 Å². The lowest BCUT2D eigenvalue weighted by molar-refractivity contribution is 0.132. The van der Waals surface area contributed by atoms with E-state index in [9.17, 15) is 0 Å². The minimum atomic E-state index is 0.393. The Morgan fingerprint density at radius 1 is 1.05 bits per heavy atom. The summed E-state index contributed by atoms with van der Waals surface area (Å²) in [6, 6.07) is 14.8. The van der Waals surface area contributed by atoms with Crippen molar-refractivity contribution in [3.8, 4) is 5.75 Å². The highest BCUT2D eigenvalue weighted by Crippen LogP contribution is 2.12. The fourth-order valence-electron chi connectivity index (χ4n) is 1.44. The minimum absolute atomic E-state index is 0.393. The number of hydrogen-bond acceptors (Lipinski definition) is 3. The summed E-state index contributed by atoms with van der Waals surface area (Å²) in [6.45, 7) is 0.393. The molecule has 0 fully saturated rings. The molecule has 1 radical (unpaired) electrons. The van der Waals surface area contributed by atoms with Gasteiger partial charge in [0.05, 0.1) is 7.11 Å². The molecule has 97 valence electrons. The molecule has 2 aromatic rings. The summed E-state index contributed by atoms with van der Waals surface area (Å²) in [5.74, 6) is 0.819. The summed E-state index contributed by atoms with van der Waals surface area (Å²) in [6.07, 6.45) is 2.78. The summed E-state index contributed by atoms with van der Waals surface area (Å²) in [5, 5.41) is 4.47. The maximum absolute atomic E-state index is 5.78. The zero-order valence-electron chi connectivity index (χ0n) is 10.5. The normalized spacial score (nSPS) is 10.6. The van der Waals surface area contributed by atoms with Gasteiger partial charge in [-0.3, -0.25) is 0 Å². The van der Waals surface area contributed by atoms with Gasteiger partial charge in [-0.25, -0.2) is 0 Å². The Balaban J connectivity index is 1.83. The average molecular weight is 275 g/mol. The van der Waals surface area contributed by atoms with Crippen molar-refractivity contribution in [1.29, 1.82) is 0 Å². The molecule has 0 amide bonds. The maximum atomic E-state index is 5.78. The van der Waals surface area contributed by atoms with Crippen LogP contribution in [0, 0.1) is 0 Å². The Bertz CT molecular complexity index is 535. The molecule has 4 heteroatoms. The van der Waals surface area contributed by atoms with Crippen molar-refractivity contribution in [1.82, 2.24) is 0 Å². The van der Waals surface area contributed by atoms with Crippen molar-refractivity contribution >= 4 is 17.8 Å². The first kappa shape index (κ1) is 13.4. The van der Waals surface area contributed by atoms with Gasteiger partial charge < -0.3 is 9.57 Å². The number of benzene rings is 2. The topological polar surface area (TPSA) is 30.8 Å². The molecule has 0 unspecified atom stereocenters. The van der Waals surface area contributed by atoms with Crippen LogP contribution in [0.4, 0.5) is 0 Å². The van der Waals surface area contributed by atoms with Crippen LogP contribution in [0.2, 0.25) is 5.02 Å². The second-order valence-corrected chi connectivity index (χ2v) is 4.27. The second-order valence-electron chi connectivity index (χ2n) is 3.83. The molecule has 2 aromatic carbocycles. The molecule has 0 heterocycles. The summed E-state index contributed by atoms with van der Waals surface area (Å²) >= 11 is 5.78. The van der Waals surface area contributed by atoms with Gasteiger partial charge >= 0.3 is 0 Å². The average Bonchev–Trinajstić information content (AvgIpc) is 2.46. The molecule has 0 aromatic heterocycles. The van der Waals surface area contributed by atoms with Crippen molar-refractivity contribution < 1.29 is 9.57 Å². The van der Waals surface area contributed by atoms with E-state index in [4.69, 9.17) is 21.2 Å². The SMILES string of the molecule is COc1ccc(CO/N=[C]\c2ccc(Cl)cc2)cc1. The third-order valence-corrected chi connectivity index (χ3v) is 2.73. The van der Waals surface area contributed by atoms with Crippen molar-refractivity contribution in [2.75, 3.05) is 7.11 Å². The second kappa shape index (κ2) is 6.81. The van der Waals surface area contributed by atoms with Crippen molar-refractivity contribution in [2.24, 2.45) is 5.16 Å². The molecule has 0 aliphatic rings. The molecule has 3 nitrogen and oxygen atoms in total. The lowest BCUT2D eigenvalue weighted by Gasteiger charge is -2.02. The van der Waals surface area contributed by atoms with E-state index in [1.807, 2.05) is 36.4 Å². The molecular formula is C15H13ClNO2. The number of methoxy groups -OCH3 is 1. The lowest BCUT2D eigenvalue weighted by atomic mass is 10.2. The van der Waals surface area contributed by atoms with Crippen LogP contribution in [0.1, 0.15) is 11.1 Å². The van der Waals surface area contributed by atoms with Crippen molar-refractivity contribution in [3.63, 3.8) is 0 Å². The Morgan fingerprint density at radius 2 is 1.74 bits per heavy atom. The molecule has 0 saturated heterocycles. The minimum Gasteiger partial charge on any atom is -0.497 e. The molecule has 0 atom stereocenters. The summed E-state index contributed by atoms with van der Waals surface area (Å²) in [4.78, 5) is 5.17. The summed E-state index contributed by atoms with van der Waals surface area (Å²) < 4.78 is 5.07. The number of hydrogen-bond donors (Lipinski definition) is 0. The predicted molar refractivity (Wildman–Crippen MR) is 75.8 cm³/mol. The Labute approximate surface area is 117 Å². The molecule has 2 rings (SSSR count). The van der Waals surface area contributed by atoms with E-state index in [0.717, 1.165) is 16.9 Å². The van der Waals surface area contributed by atoms with E-state index in [2.05, 4.69) is 11.4 Å². The molecular weight excluding hydrogens is 262 g/mol. The van der Waals surface area contributed by atoms with E-state index >= 15 is 0 Å². The fourth-order valence-corrected chi connectivity index (χ4v) is 1.56. The van der Waals surface area contributed by atoms with E-state index in [0.29, 0.717) is 11.6 Å². The maximum Gasteiger partial charge on any atom is 0.142 e. The molecule has 19 heavy (non-hydrogen) atoms. The van der Waals surface area contributed by atoms with Gasteiger partial charge in [-0.05, 0) is 29.8 Å². The highest BCUT2D eigenvalue weighted by molar-refractivity contribution is 6.30. The first-order chi connectivity index (χ1) is 9.28. The Hall–Kier alpha value is -2.00. The van der Waals surface area contributed by atoms with E-state index in [-0.39, 0.29) is 0 Å². The van der Waals surface area contributed by atoms with Gasteiger partial charge in [0.2, 0.25) is 0 Å². The zero-order valence-corrected chi connectivity index (χ0v) is 11.2. The largest absolute Gasteiger partial charge is 0.497 e. The molecule has 0 saturated carbocycles.